The van der Waals surface area contributed by atoms with Crippen LogP contribution in [0.4, 0.5) is 0 Å². The van der Waals surface area contributed by atoms with E-state index in [0.717, 1.165) is 13.1 Å². The van der Waals surface area contributed by atoms with Crippen molar-refractivity contribution in [3.8, 4) is 0 Å². The third kappa shape index (κ3) is 2.26. The Balaban J connectivity index is 1.75. The second-order valence-corrected chi connectivity index (χ2v) is 6.45. The van der Waals surface area contributed by atoms with Gasteiger partial charge in [-0.1, -0.05) is 12.8 Å². The molecule has 1 aromatic rings. The number of hydrogen-bond donors (Lipinski definition) is 1. The van der Waals surface area contributed by atoms with Gasteiger partial charge in [-0.2, -0.15) is 0 Å². The van der Waals surface area contributed by atoms with Gasteiger partial charge in [0.15, 0.2) is 0 Å². The number of hydrogen-bond acceptors (Lipinski definition) is 4. The van der Waals surface area contributed by atoms with Gasteiger partial charge >= 0.3 is 0 Å². The number of aromatic nitrogens is 1. The van der Waals surface area contributed by atoms with Gasteiger partial charge in [-0.3, -0.25) is 4.90 Å². The van der Waals surface area contributed by atoms with E-state index >= 15 is 0 Å². The molecule has 2 fully saturated rings. The number of aryl methyl sites for hydroxylation is 1. The van der Waals surface area contributed by atoms with Gasteiger partial charge in [0.05, 0.1) is 10.7 Å². The van der Waals surface area contributed by atoms with Gasteiger partial charge in [-0.25, -0.2) is 4.98 Å². The first kappa shape index (κ1) is 11.6. The van der Waals surface area contributed by atoms with Crippen molar-refractivity contribution < 1.29 is 0 Å². The summed E-state index contributed by atoms with van der Waals surface area (Å²) < 4.78 is 0. The Labute approximate surface area is 107 Å². The topological polar surface area (TPSA) is 28.2 Å². The lowest BCUT2D eigenvalue weighted by atomic mass is 9.92. The molecule has 0 amide bonds. The van der Waals surface area contributed by atoms with Crippen molar-refractivity contribution in [1.82, 2.24) is 15.2 Å². The summed E-state index contributed by atoms with van der Waals surface area (Å²) in [6.45, 7) is 6.63. The number of thiazole rings is 1. The minimum absolute atomic E-state index is 0.440. The van der Waals surface area contributed by atoms with Crippen molar-refractivity contribution >= 4 is 11.3 Å². The maximum Gasteiger partial charge on any atom is 0.0897 e. The molecule has 4 heteroatoms. The fourth-order valence-electron chi connectivity index (χ4n) is 3.33. The first-order valence-corrected chi connectivity index (χ1v) is 7.53. The van der Waals surface area contributed by atoms with Crippen LogP contribution in [0.15, 0.2) is 5.38 Å². The second kappa shape index (κ2) is 4.67. The highest BCUT2D eigenvalue weighted by Crippen LogP contribution is 2.36. The lowest BCUT2D eigenvalue weighted by molar-refractivity contribution is 0.0562. The Hall–Kier alpha value is -0.450. The zero-order chi connectivity index (χ0) is 11.7. The Morgan fingerprint density at radius 1 is 1.47 bits per heavy atom. The molecular formula is C13H21N3S. The molecular weight excluding hydrogens is 230 g/mol. The van der Waals surface area contributed by atoms with Crippen molar-refractivity contribution in [3.05, 3.63) is 16.1 Å². The van der Waals surface area contributed by atoms with Crippen LogP contribution >= 0.6 is 11.3 Å². The molecule has 1 spiro atoms. The van der Waals surface area contributed by atoms with Crippen molar-refractivity contribution in [2.24, 2.45) is 0 Å². The molecule has 1 aliphatic carbocycles. The molecule has 0 bridgehead atoms. The van der Waals surface area contributed by atoms with E-state index in [0.29, 0.717) is 5.54 Å². The predicted octanol–water partition coefficient (Wildman–Crippen LogP) is 2.17. The summed E-state index contributed by atoms with van der Waals surface area (Å²) in [4.78, 5) is 7.30. The number of nitrogens with zero attached hydrogens (tertiary/aromatic N) is 2. The predicted molar refractivity (Wildman–Crippen MR) is 71.3 cm³/mol. The first-order chi connectivity index (χ1) is 8.28. The van der Waals surface area contributed by atoms with E-state index in [2.05, 4.69) is 27.5 Å². The van der Waals surface area contributed by atoms with Crippen LogP contribution in [-0.2, 0) is 6.54 Å². The highest BCUT2D eigenvalue weighted by molar-refractivity contribution is 7.09. The quantitative estimate of drug-likeness (QED) is 0.873. The molecule has 1 saturated carbocycles. The van der Waals surface area contributed by atoms with Gasteiger partial charge in [0.1, 0.15) is 0 Å². The minimum Gasteiger partial charge on any atom is -0.314 e. The molecule has 1 aliphatic heterocycles. The van der Waals surface area contributed by atoms with E-state index in [4.69, 9.17) is 0 Å². The third-order valence-corrected chi connectivity index (χ3v) is 5.06. The van der Waals surface area contributed by atoms with Crippen LogP contribution in [0.25, 0.3) is 0 Å². The molecule has 1 aromatic heterocycles. The number of piperazine rings is 1. The summed E-state index contributed by atoms with van der Waals surface area (Å²) >= 11 is 1.77. The maximum atomic E-state index is 4.62. The molecule has 3 nitrogen and oxygen atoms in total. The van der Waals surface area contributed by atoms with Crippen LogP contribution in [0.3, 0.4) is 0 Å². The summed E-state index contributed by atoms with van der Waals surface area (Å²) in [5.74, 6) is 0. The maximum absolute atomic E-state index is 4.62. The van der Waals surface area contributed by atoms with Crippen molar-refractivity contribution in [2.45, 2.75) is 44.7 Å². The summed E-state index contributed by atoms with van der Waals surface area (Å²) in [5.41, 5.74) is 1.70. The van der Waals surface area contributed by atoms with E-state index in [1.54, 1.807) is 11.3 Å². The van der Waals surface area contributed by atoms with Gasteiger partial charge in [0, 0.05) is 37.1 Å². The Kier molecular flexibility index (Phi) is 3.19. The van der Waals surface area contributed by atoms with Crippen molar-refractivity contribution in [3.63, 3.8) is 0 Å². The molecule has 2 heterocycles. The summed E-state index contributed by atoms with van der Waals surface area (Å²) in [7, 11) is 0. The fourth-order valence-corrected chi connectivity index (χ4v) is 3.94. The molecule has 0 atom stereocenters. The summed E-state index contributed by atoms with van der Waals surface area (Å²) in [6.07, 6.45) is 5.52. The third-order valence-electron chi connectivity index (χ3n) is 4.24. The molecule has 1 saturated heterocycles. The lowest BCUT2D eigenvalue weighted by Crippen LogP contribution is -2.59. The van der Waals surface area contributed by atoms with Gasteiger partial charge < -0.3 is 5.32 Å². The molecule has 0 aromatic carbocycles. The minimum atomic E-state index is 0.440. The molecule has 17 heavy (non-hydrogen) atoms. The van der Waals surface area contributed by atoms with Crippen LogP contribution in [-0.4, -0.2) is 35.1 Å². The average molecular weight is 251 g/mol. The highest BCUT2D eigenvalue weighted by Gasteiger charge is 2.41. The van der Waals surface area contributed by atoms with Gasteiger partial charge in [-0.15, -0.1) is 11.3 Å². The van der Waals surface area contributed by atoms with E-state index in [9.17, 15) is 0 Å². The lowest BCUT2D eigenvalue weighted by Gasteiger charge is -2.45. The molecule has 0 radical (unpaired) electrons. The van der Waals surface area contributed by atoms with Crippen molar-refractivity contribution in [2.75, 3.05) is 19.6 Å². The molecule has 0 unspecified atom stereocenters. The number of rotatable bonds is 2. The molecule has 3 rings (SSSR count). The summed E-state index contributed by atoms with van der Waals surface area (Å²) in [5, 5.41) is 6.99. The zero-order valence-electron chi connectivity index (χ0n) is 10.5. The van der Waals surface area contributed by atoms with E-state index < -0.39 is 0 Å². The largest absolute Gasteiger partial charge is 0.314 e. The Morgan fingerprint density at radius 2 is 2.29 bits per heavy atom. The van der Waals surface area contributed by atoms with E-state index in [1.165, 1.54) is 49.5 Å². The monoisotopic (exact) mass is 251 g/mol. The average Bonchev–Trinajstić information content (AvgIpc) is 2.93. The fraction of sp³-hybridized carbons (Fsp3) is 0.769. The summed E-state index contributed by atoms with van der Waals surface area (Å²) in [6, 6.07) is 0. The SMILES string of the molecule is Cc1nc(CN2CCNCC23CCCC3)cs1. The number of nitrogens with one attached hydrogen (secondary N) is 1. The normalized spacial score (nSPS) is 24.5. The van der Waals surface area contributed by atoms with Crippen LogP contribution in [0, 0.1) is 6.92 Å². The standard InChI is InChI=1S/C13H21N3S/c1-11-15-12(9-17-11)8-16-7-6-14-10-13(16)4-2-3-5-13/h9,14H,2-8,10H2,1H3. The van der Waals surface area contributed by atoms with E-state index in [1.807, 2.05) is 0 Å². The molecule has 1 N–H and O–H groups in total. The van der Waals surface area contributed by atoms with E-state index in [-0.39, 0.29) is 0 Å². The van der Waals surface area contributed by atoms with Crippen LogP contribution in [0.1, 0.15) is 36.4 Å². The Morgan fingerprint density at radius 3 is 3.00 bits per heavy atom. The van der Waals surface area contributed by atoms with Gasteiger partial charge in [0.25, 0.3) is 0 Å². The second-order valence-electron chi connectivity index (χ2n) is 5.39. The van der Waals surface area contributed by atoms with Crippen LogP contribution in [0.2, 0.25) is 0 Å². The molecule has 94 valence electrons. The van der Waals surface area contributed by atoms with Crippen molar-refractivity contribution in [1.29, 1.82) is 0 Å². The van der Waals surface area contributed by atoms with Gasteiger partial charge in [0.2, 0.25) is 0 Å². The first-order valence-electron chi connectivity index (χ1n) is 6.65. The van der Waals surface area contributed by atoms with Gasteiger partial charge in [-0.05, 0) is 19.8 Å². The Bertz CT molecular complexity index is 382. The molecule has 2 aliphatic rings. The highest BCUT2D eigenvalue weighted by atomic mass is 32.1. The smallest absolute Gasteiger partial charge is 0.0897 e. The van der Waals surface area contributed by atoms with Crippen LogP contribution < -0.4 is 5.32 Å². The zero-order valence-corrected chi connectivity index (χ0v) is 11.4. The van der Waals surface area contributed by atoms with Crippen LogP contribution in [0.5, 0.6) is 0 Å².